The molecule has 26 heavy (non-hydrogen) atoms. The van der Waals surface area contributed by atoms with E-state index >= 15 is 0 Å². The van der Waals surface area contributed by atoms with Crippen LogP contribution in [-0.4, -0.2) is 17.2 Å². The highest BCUT2D eigenvalue weighted by atomic mass is 35.5. The second-order valence-electron chi connectivity index (χ2n) is 8.08. The number of amides is 1. The van der Waals surface area contributed by atoms with Crippen molar-refractivity contribution in [1.82, 2.24) is 5.32 Å². The zero-order valence-electron chi connectivity index (χ0n) is 15.4. The van der Waals surface area contributed by atoms with E-state index in [2.05, 4.69) is 5.32 Å². The van der Waals surface area contributed by atoms with E-state index in [1.807, 2.05) is 69.3 Å². The monoisotopic (exact) mass is 369 g/mol. The third-order valence-electron chi connectivity index (χ3n) is 4.87. The normalized spacial score (nSPS) is 19.3. The Hall–Kier alpha value is -2.13. The lowest BCUT2D eigenvalue weighted by Gasteiger charge is -2.31. The summed E-state index contributed by atoms with van der Waals surface area (Å²) in [7, 11) is 0. The quantitative estimate of drug-likeness (QED) is 0.800. The van der Waals surface area contributed by atoms with E-state index in [9.17, 15) is 9.59 Å². The molecule has 0 bridgehead atoms. The first-order chi connectivity index (χ1) is 12.2. The predicted molar refractivity (Wildman–Crippen MR) is 105 cm³/mol. The number of nitrogens with one attached hydrogen (secondary N) is 1. The summed E-state index contributed by atoms with van der Waals surface area (Å²) in [5.41, 5.74) is 1.27. The summed E-state index contributed by atoms with van der Waals surface area (Å²) >= 11 is 5.96. The highest BCUT2D eigenvalue weighted by molar-refractivity contribution is 6.30. The van der Waals surface area contributed by atoms with Gasteiger partial charge >= 0.3 is 0 Å². The number of halogens is 1. The number of benzene rings is 2. The van der Waals surface area contributed by atoms with Crippen molar-refractivity contribution < 1.29 is 9.59 Å². The molecule has 0 unspecified atom stereocenters. The van der Waals surface area contributed by atoms with Crippen molar-refractivity contribution in [2.24, 2.45) is 5.41 Å². The van der Waals surface area contributed by atoms with E-state index in [-0.39, 0.29) is 17.2 Å². The fraction of sp³-hybridized carbons (Fsp3) is 0.364. The number of rotatable bonds is 4. The first-order valence-corrected chi connectivity index (χ1v) is 9.29. The molecule has 2 aromatic rings. The molecule has 0 heterocycles. The van der Waals surface area contributed by atoms with Crippen LogP contribution in [0.2, 0.25) is 5.02 Å². The van der Waals surface area contributed by atoms with Gasteiger partial charge in [-0.2, -0.15) is 0 Å². The fourth-order valence-corrected chi connectivity index (χ4v) is 3.65. The van der Waals surface area contributed by atoms with Gasteiger partial charge in [0.15, 0.2) is 5.78 Å². The first-order valence-electron chi connectivity index (χ1n) is 8.91. The molecule has 1 amide bonds. The van der Waals surface area contributed by atoms with Crippen molar-refractivity contribution in [2.75, 3.05) is 0 Å². The summed E-state index contributed by atoms with van der Waals surface area (Å²) in [6, 6.07) is 15.1. The number of fused-ring (bicyclic) bond motifs is 1. The fourth-order valence-electron chi connectivity index (χ4n) is 3.53. The molecule has 3 nitrogen and oxygen atoms in total. The maximum atomic E-state index is 13.2. The number of Topliss-reactive ketones (excluding diaryl/α,β-unsaturated/α-hetero) is 1. The summed E-state index contributed by atoms with van der Waals surface area (Å²) in [6.45, 7) is 5.80. The molecule has 0 aromatic heterocycles. The molecule has 0 saturated heterocycles. The molecule has 0 saturated carbocycles. The van der Waals surface area contributed by atoms with E-state index < -0.39 is 5.41 Å². The number of ketones is 1. The highest BCUT2D eigenvalue weighted by Gasteiger charge is 2.51. The van der Waals surface area contributed by atoms with Gasteiger partial charge in [-0.25, -0.2) is 0 Å². The van der Waals surface area contributed by atoms with Crippen LogP contribution in [0, 0.1) is 5.41 Å². The topological polar surface area (TPSA) is 46.2 Å². The lowest BCUT2D eigenvalue weighted by Crippen LogP contribution is -2.52. The van der Waals surface area contributed by atoms with Gasteiger partial charge in [0, 0.05) is 16.1 Å². The average molecular weight is 370 g/mol. The Morgan fingerprint density at radius 3 is 2.38 bits per heavy atom. The van der Waals surface area contributed by atoms with Crippen molar-refractivity contribution in [3.8, 4) is 0 Å². The third-order valence-corrected chi connectivity index (χ3v) is 5.12. The molecule has 0 spiro atoms. The number of hydrogen-bond donors (Lipinski definition) is 1. The third kappa shape index (κ3) is 3.68. The molecular formula is C22H24ClNO2. The molecule has 1 aliphatic rings. The lowest BCUT2D eigenvalue weighted by molar-refractivity contribution is -0.130. The van der Waals surface area contributed by atoms with Crippen molar-refractivity contribution in [3.63, 3.8) is 0 Å². The SMILES string of the molecule is CC(C)(C)NC(=O)[C@@]1(CCc2ccc(Cl)cc2)Cc2ccccc2C1=O. The number of aryl methyl sites for hydroxylation is 1. The number of hydrogen-bond acceptors (Lipinski definition) is 2. The summed E-state index contributed by atoms with van der Waals surface area (Å²) in [4.78, 5) is 26.4. The molecular weight excluding hydrogens is 346 g/mol. The van der Waals surface area contributed by atoms with Crippen LogP contribution in [0.3, 0.4) is 0 Å². The second-order valence-corrected chi connectivity index (χ2v) is 8.51. The standard InChI is InChI=1S/C22H24ClNO2/c1-21(2,3)24-20(26)22(13-12-15-8-10-17(23)11-9-15)14-16-6-4-5-7-18(16)19(22)25/h4-11H,12-14H2,1-3H3,(H,24,26)/t22-/m0/s1. The highest BCUT2D eigenvalue weighted by Crippen LogP contribution is 2.41. The van der Waals surface area contributed by atoms with Crippen LogP contribution in [0.15, 0.2) is 48.5 Å². The van der Waals surface area contributed by atoms with Crippen molar-refractivity contribution in [1.29, 1.82) is 0 Å². The summed E-state index contributed by atoms with van der Waals surface area (Å²) < 4.78 is 0. The van der Waals surface area contributed by atoms with Crippen molar-refractivity contribution in [2.45, 2.75) is 45.6 Å². The van der Waals surface area contributed by atoms with Crippen LogP contribution in [0.25, 0.3) is 0 Å². The van der Waals surface area contributed by atoms with E-state index in [1.165, 1.54) is 0 Å². The van der Waals surface area contributed by atoms with Gasteiger partial charge in [-0.1, -0.05) is 48.0 Å². The molecule has 1 atom stereocenters. The zero-order chi connectivity index (χ0) is 18.9. The molecule has 1 aliphatic carbocycles. The summed E-state index contributed by atoms with van der Waals surface area (Å²) in [5, 5.41) is 3.71. The van der Waals surface area contributed by atoms with Gasteiger partial charge in [-0.05, 0) is 63.3 Å². The maximum Gasteiger partial charge on any atom is 0.234 e. The summed E-state index contributed by atoms with van der Waals surface area (Å²) in [6.07, 6.45) is 1.58. The molecule has 3 rings (SSSR count). The smallest absolute Gasteiger partial charge is 0.234 e. The number of carbonyl (C=O) groups is 2. The zero-order valence-corrected chi connectivity index (χ0v) is 16.2. The van der Waals surface area contributed by atoms with E-state index in [0.717, 1.165) is 11.1 Å². The second kappa shape index (κ2) is 6.88. The van der Waals surface area contributed by atoms with Gasteiger partial charge < -0.3 is 5.32 Å². The molecule has 0 aliphatic heterocycles. The molecule has 4 heteroatoms. The predicted octanol–water partition coefficient (Wildman–Crippen LogP) is 4.61. The lowest BCUT2D eigenvalue weighted by atomic mass is 9.77. The van der Waals surface area contributed by atoms with Crippen LogP contribution in [0.4, 0.5) is 0 Å². The Morgan fingerprint density at radius 1 is 1.12 bits per heavy atom. The minimum Gasteiger partial charge on any atom is -0.351 e. The Balaban J connectivity index is 1.91. The summed E-state index contributed by atoms with van der Waals surface area (Å²) in [5.74, 6) is -0.246. The molecule has 0 fully saturated rings. The molecule has 136 valence electrons. The first kappa shape index (κ1) is 18.7. The molecule has 0 radical (unpaired) electrons. The van der Waals surface area contributed by atoms with Gasteiger partial charge in [0.05, 0.1) is 0 Å². The van der Waals surface area contributed by atoms with E-state index in [0.29, 0.717) is 29.8 Å². The molecule has 2 aromatic carbocycles. The van der Waals surface area contributed by atoms with Gasteiger partial charge in [0.25, 0.3) is 0 Å². The minimum atomic E-state index is -1.05. The van der Waals surface area contributed by atoms with E-state index in [4.69, 9.17) is 11.6 Å². The van der Waals surface area contributed by atoms with Crippen LogP contribution in [0.1, 0.15) is 48.7 Å². The average Bonchev–Trinajstić information content (AvgIpc) is 2.87. The van der Waals surface area contributed by atoms with Crippen LogP contribution in [0.5, 0.6) is 0 Å². The van der Waals surface area contributed by atoms with Crippen LogP contribution >= 0.6 is 11.6 Å². The van der Waals surface area contributed by atoms with Gasteiger partial charge in [0.1, 0.15) is 5.41 Å². The van der Waals surface area contributed by atoms with Gasteiger partial charge in [-0.3, -0.25) is 9.59 Å². The van der Waals surface area contributed by atoms with Crippen molar-refractivity contribution >= 4 is 23.3 Å². The van der Waals surface area contributed by atoms with Crippen LogP contribution in [-0.2, 0) is 17.6 Å². The van der Waals surface area contributed by atoms with Gasteiger partial charge in [-0.15, -0.1) is 0 Å². The Labute approximate surface area is 159 Å². The maximum absolute atomic E-state index is 13.2. The minimum absolute atomic E-state index is 0.0659. The van der Waals surface area contributed by atoms with Crippen LogP contribution < -0.4 is 5.32 Å². The Kier molecular flexibility index (Phi) is 4.94. The Bertz CT molecular complexity index is 836. The number of carbonyl (C=O) groups excluding carboxylic acids is 2. The van der Waals surface area contributed by atoms with Crippen molar-refractivity contribution in [3.05, 3.63) is 70.2 Å². The largest absolute Gasteiger partial charge is 0.351 e. The van der Waals surface area contributed by atoms with E-state index in [1.54, 1.807) is 0 Å². The van der Waals surface area contributed by atoms with Gasteiger partial charge in [0.2, 0.25) is 5.91 Å². The molecule has 1 N–H and O–H groups in total. The Morgan fingerprint density at radius 2 is 1.77 bits per heavy atom.